The number of unbranched alkanes of at least 4 members (excludes halogenated alkanes) is 1. The third-order valence-corrected chi connectivity index (χ3v) is 3.94. The second-order valence-electron chi connectivity index (χ2n) is 5.84. The van der Waals surface area contributed by atoms with E-state index in [2.05, 4.69) is 48.7 Å². The smallest absolute Gasteiger partial charge is 0.251 e. The molecule has 0 saturated heterocycles. The zero-order valence-electron chi connectivity index (χ0n) is 14.1. The molecule has 0 heterocycles. The molecule has 0 spiro atoms. The number of nitrogens with one attached hydrogen (secondary N) is 2. The summed E-state index contributed by atoms with van der Waals surface area (Å²) in [6.07, 6.45) is 2.11. The van der Waals surface area contributed by atoms with Crippen molar-refractivity contribution in [1.29, 1.82) is 0 Å². The summed E-state index contributed by atoms with van der Waals surface area (Å²) in [5.74, 6) is 0.0119. The highest BCUT2D eigenvalue weighted by Gasteiger charge is 2.04. The van der Waals surface area contributed by atoms with E-state index in [9.17, 15) is 4.79 Å². The number of aryl methyl sites for hydroxylation is 1. The standard InChI is InChI=1S/C20H26N2O/c1-3-4-13-22-20(23)18-11-9-17(10-12-18)14-21-15-19-8-6-5-7-16(19)2/h5-12,21H,3-4,13-15H2,1-2H3,(H,22,23). The molecule has 0 aliphatic rings. The maximum Gasteiger partial charge on any atom is 0.251 e. The molecule has 0 radical (unpaired) electrons. The van der Waals surface area contributed by atoms with E-state index in [0.717, 1.165) is 38.0 Å². The predicted molar refractivity (Wildman–Crippen MR) is 95.4 cm³/mol. The first-order valence-electron chi connectivity index (χ1n) is 8.33. The van der Waals surface area contributed by atoms with Crippen molar-refractivity contribution in [3.63, 3.8) is 0 Å². The number of hydrogen-bond donors (Lipinski definition) is 2. The molecule has 2 aromatic carbocycles. The molecule has 1 amide bonds. The molecule has 0 aliphatic carbocycles. The van der Waals surface area contributed by atoms with Gasteiger partial charge in [0.05, 0.1) is 0 Å². The van der Waals surface area contributed by atoms with Crippen LogP contribution in [0.4, 0.5) is 0 Å². The van der Waals surface area contributed by atoms with Crippen LogP contribution >= 0.6 is 0 Å². The molecule has 2 N–H and O–H groups in total. The summed E-state index contributed by atoms with van der Waals surface area (Å²) in [4.78, 5) is 11.9. The van der Waals surface area contributed by atoms with Gasteiger partial charge in [0.25, 0.3) is 5.91 Å². The van der Waals surface area contributed by atoms with Crippen LogP contribution in [0.3, 0.4) is 0 Å². The molecule has 3 nitrogen and oxygen atoms in total. The topological polar surface area (TPSA) is 41.1 Å². The largest absolute Gasteiger partial charge is 0.352 e. The van der Waals surface area contributed by atoms with Gasteiger partial charge >= 0.3 is 0 Å². The summed E-state index contributed by atoms with van der Waals surface area (Å²) < 4.78 is 0. The summed E-state index contributed by atoms with van der Waals surface area (Å²) in [5, 5.41) is 6.38. The highest BCUT2D eigenvalue weighted by Crippen LogP contribution is 2.08. The van der Waals surface area contributed by atoms with Crippen LogP contribution in [-0.2, 0) is 13.1 Å². The lowest BCUT2D eigenvalue weighted by atomic mass is 10.1. The first kappa shape index (κ1) is 17.2. The van der Waals surface area contributed by atoms with Crippen LogP contribution < -0.4 is 10.6 Å². The number of carbonyl (C=O) groups excluding carboxylic acids is 1. The third kappa shape index (κ3) is 5.53. The first-order chi connectivity index (χ1) is 11.2. The lowest BCUT2D eigenvalue weighted by Crippen LogP contribution is -2.24. The second kappa shape index (κ2) is 9.11. The van der Waals surface area contributed by atoms with Crippen molar-refractivity contribution in [2.75, 3.05) is 6.54 Å². The van der Waals surface area contributed by atoms with Crippen molar-refractivity contribution < 1.29 is 4.79 Å². The van der Waals surface area contributed by atoms with Gasteiger partial charge in [-0.05, 0) is 42.2 Å². The third-order valence-electron chi connectivity index (χ3n) is 3.94. The highest BCUT2D eigenvalue weighted by molar-refractivity contribution is 5.94. The van der Waals surface area contributed by atoms with Gasteiger partial charge < -0.3 is 10.6 Å². The van der Waals surface area contributed by atoms with Gasteiger partial charge in [0.1, 0.15) is 0 Å². The Balaban J connectivity index is 1.81. The van der Waals surface area contributed by atoms with Gasteiger partial charge in [-0.15, -0.1) is 0 Å². The summed E-state index contributed by atoms with van der Waals surface area (Å²) in [6, 6.07) is 16.2. The van der Waals surface area contributed by atoms with Crippen LogP contribution in [0.5, 0.6) is 0 Å². The van der Waals surface area contributed by atoms with E-state index in [1.807, 2.05) is 24.3 Å². The van der Waals surface area contributed by atoms with Crippen molar-refractivity contribution in [2.45, 2.75) is 39.8 Å². The summed E-state index contributed by atoms with van der Waals surface area (Å²) >= 11 is 0. The highest BCUT2D eigenvalue weighted by atomic mass is 16.1. The number of carbonyl (C=O) groups is 1. The molecular formula is C20H26N2O. The van der Waals surface area contributed by atoms with Crippen LogP contribution in [0.15, 0.2) is 48.5 Å². The van der Waals surface area contributed by atoms with E-state index >= 15 is 0 Å². The fraction of sp³-hybridized carbons (Fsp3) is 0.350. The molecule has 0 aromatic heterocycles. The Hall–Kier alpha value is -2.13. The van der Waals surface area contributed by atoms with Crippen molar-refractivity contribution in [3.8, 4) is 0 Å². The van der Waals surface area contributed by atoms with E-state index in [1.54, 1.807) is 0 Å². The molecule has 0 aliphatic heterocycles. The monoisotopic (exact) mass is 310 g/mol. The first-order valence-corrected chi connectivity index (χ1v) is 8.33. The van der Waals surface area contributed by atoms with E-state index in [4.69, 9.17) is 0 Å². The average molecular weight is 310 g/mol. The number of hydrogen-bond acceptors (Lipinski definition) is 2. The normalized spacial score (nSPS) is 10.5. The van der Waals surface area contributed by atoms with Crippen LogP contribution in [0.1, 0.15) is 46.8 Å². The van der Waals surface area contributed by atoms with Crippen molar-refractivity contribution in [2.24, 2.45) is 0 Å². The SMILES string of the molecule is CCCCNC(=O)c1ccc(CNCc2ccccc2C)cc1. The van der Waals surface area contributed by atoms with Crippen LogP contribution in [0.25, 0.3) is 0 Å². The Morgan fingerprint density at radius 3 is 2.43 bits per heavy atom. The zero-order valence-corrected chi connectivity index (χ0v) is 14.1. The molecule has 0 saturated carbocycles. The quantitative estimate of drug-likeness (QED) is 0.728. The molecule has 0 fully saturated rings. The molecule has 0 unspecified atom stereocenters. The van der Waals surface area contributed by atoms with Crippen molar-refractivity contribution >= 4 is 5.91 Å². The summed E-state index contributed by atoms with van der Waals surface area (Å²) in [7, 11) is 0. The minimum Gasteiger partial charge on any atom is -0.352 e. The molecule has 0 bridgehead atoms. The minimum absolute atomic E-state index is 0.0119. The van der Waals surface area contributed by atoms with Crippen LogP contribution in [0.2, 0.25) is 0 Å². The van der Waals surface area contributed by atoms with E-state index < -0.39 is 0 Å². The Labute approximate surface area is 139 Å². The molecule has 3 heteroatoms. The fourth-order valence-corrected chi connectivity index (χ4v) is 2.40. The van der Waals surface area contributed by atoms with Crippen molar-refractivity contribution in [1.82, 2.24) is 10.6 Å². The Morgan fingerprint density at radius 2 is 1.74 bits per heavy atom. The van der Waals surface area contributed by atoms with Gasteiger partial charge in [-0.3, -0.25) is 4.79 Å². The summed E-state index contributed by atoms with van der Waals surface area (Å²) in [6.45, 7) is 6.64. The number of amides is 1. The Bertz CT molecular complexity index is 620. The number of benzene rings is 2. The van der Waals surface area contributed by atoms with Gasteiger partial charge in [0.2, 0.25) is 0 Å². The maximum absolute atomic E-state index is 11.9. The van der Waals surface area contributed by atoms with E-state index in [-0.39, 0.29) is 5.91 Å². The van der Waals surface area contributed by atoms with Gasteiger partial charge in [0, 0.05) is 25.2 Å². The number of rotatable bonds is 8. The lowest BCUT2D eigenvalue weighted by molar-refractivity contribution is 0.0953. The minimum atomic E-state index is 0.0119. The second-order valence-corrected chi connectivity index (χ2v) is 5.84. The van der Waals surface area contributed by atoms with Gasteiger partial charge in [-0.1, -0.05) is 49.7 Å². The van der Waals surface area contributed by atoms with Gasteiger partial charge in [-0.25, -0.2) is 0 Å². The van der Waals surface area contributed by atoms with Gasteiger partial charge in [-0.2, -0.15) is 0 Å². The zero-order chi connectivity index (χ0) is 16.5. The van der Waals surface area contributed by atoms with E-state index in [0.29, 0.717) is 0 Å². The van der Waals surface area contributed by atoms with Gasteiger partial charge in [0.15, 0.2) is 0 Å². The predicted octanol–water partition coefficient (Wildman–Crippen LogP) is 3.81. The fourth-order valence-electron chi connectivity index (χ4n) is 2.40. The molecule has 0 atom stereocenters. The molecule has 2 rings (SSSR count). The molecule has 122 valence electrons. The van der Waals surface area contributed by atoms with Crippen LogP contribution in [-0.4, -0.2) is 12.5 Å². The molecule has 2 aromatic rings. The van der Waals surface area contributed by atoms with Crippen LogP contribution in [0, 0.1) is 6.92 Å². The maximum atomic E-state index is 11.9. The lowest BCUT2D eigenvalue weighted by Gasteiger charge is -2.09. The Morgan fingerprint density at radius 1 is 1.00 bits per heavy atom. The Kier molecular flexibility index (Phi) is 6.82. The van der Waals surface area contributed by atoms with Crippen molar-refractivity contribution in [3.05, 3.63) is 70.8 Å². The molecule has 23 heavy (non-hydrogen) atoms. The average Bonchev–Trinajstić information content (AvgIpc) is 2.57. The van der Waals surface area contributed by atoms with E-state index in [1.165, 1.54) is 16.7 Å². The summed E-state index contributed by atoms with van der Waals surface area (Å²) in [5.41, 5.74) is 4.53. The molecular weight excluding hydrogens is 284 g/mol.